The van der Waals surface area contributed by atoms with Gasteiger partial charge in [-0.1, -0.05) is 19.4 Å². The third kappa shape index (κ3) is 2.82. The molecule has 0 aliphatic carbocycles. The largest absolute Gasteiger partial charge is 0.314 e. The van der Waals surface area contributed by atoms with E-state index in [0.29, 0.717) is 5.41 Å². The molecule has 1 aliphatic heterocycles. The zero-order valence-corrected chi connectivity index (χ0v) is 8.63. The van der Waals surface area contributed by atoms with Crippen molar-refractivity contribution in [1.82, 2.24) is 5.06 Å². The molecule has 0 amide bonds. The molecule has 1 fully saturated rings. The van der Waals surface area contributed by atoms with E-state index in [1.54, 1.807) is 0 Å². The van der Waals surface area contributed by atoms with Gasteiger partial charge in [-0.3, -0.25) is 0 Å². The number of hydrogen-bond acceptors (Lipinski definition) is 2. The van der Waals surface area contributed by atoms with Gasteiger partial charge in [0, 0.05) is 13.1 Å². The summed E-state index contributed by atoms with van der Waals surface area (Å²) in [5.74, 6) is 0. The van der Waals surface area contributed by atoms with Gasteiger partial charge < -0.3 is 5.21 Å². The summed E-state index contributed by atoms with van der Waals surface area (Å²) in [7, 11) is 0. The van der Waals surface area contributed by atoms with E-state index < -0.39 is 0 Å². The molecule has 1 atom stereocenters. The number of piperidine rings is 1. The summed E-state index contributed by atoms with van der Waals surface area (Å²) in [6.45, 7) is 7.68. The van der Waals surface area contributed by atoms with Gasteiger partial charge in [0.25, 0.3) is 0 Å². The quantitative estimate of drug-likeness (QED) is 0.677. The first-order valence-electron chi connectivity index (χ1n) is 5.27. The zero-order chi connectivity index (χ0) is 9.73. The monoisotopic (exact) mass is 183 g/mol. The molecule has 13 heavy (non-hydrogen) atoms. The fraction of sp³-hybridized carbons (Fsp3) is 0.818. The highest BCUT2D eigenvalue weighted by Gasteiger charge is 2.32. The van der Waals surface area contributed by atoms with Crippen LogP contribution >= 0.6 is 0 Å². The summed E-state index contributed by atoms with van der Waals surface area (Å²) in [5.41, 5.74) is 0.309. The number of allylic oxidation sites excluding steroid dienone is 1. The highest BCUT2D eigenvalue weighted by molar-refractivity contribution is 4.90. The van der Waals surface area contributed by atoms with Gasteiger partial charge in [0.1, 0.15) is 0 Å². The second kappa shape index (κ2) is 4.77. The molecule has 1 heterocycles. The topological polar surface area (TPSA) is 23.5 Å². The molecular weight excluding hydrogens is 162 g/mol. The number of hydroxylamine groups is 2. The Hall–Kier alpha value is -0.340. The number of rotatable bonds is 4. The van der Waals surface area contributed by atoms with E-state index in [1.165, 1.54) is 24.3 Å². The number of hydrogen-bond donors (Lipinski definition) is 1. The van der Waals surface area contributed by atoms with Crippen molar-refractivity contribution in [2.75, 3.05) is 13.1 Å². The van der Waals surface area contributed by atoms with Gasteiger partial charge in [0.15, 0.2) is 0 Å². The summed E-state index contributed by atoms with van der Waals surface area (Å²) >= 11 is 0. The first-order valence-corrected chi connectivity index (χ1v) is 5.27. The zero-order valence-electron chi connectivity index (χ0n) is 8.63. The van der Waals surface area contributed by atoms with Crippen molar-refractivity contribution in [2.45, 2.75) is 39.0 Å². The summed E-state index contributed by atoms with van der Waals surface area (Å²) in [6.07, 6.45) is 7.79. The molecule has 2 nitrogen and oxygen atoms in total. The lowest BCUT2D eigenvalue weighted by molar-refractivity contribution is -0.140. The van der Waals surface area contributed by atoms with Crippen LogP contribution in [0.4, 0.5) is 0 Å². The van der Waals surface area contributed by atoms with Crippen molar-refractivity contribution in [2.24, 2.45) is 5.41 Å². The van der Waals surface area contributed by atoms with E-state index in [0.717, 1.165) is 25.9 Å². The highest BCUT2D eigenvalue weighted by atomic mass is 16.5. The lowest BCUT2D eigenvalue weighted by Crippen LogP contribution is -2.41. The van der Waals surface area contributed by atoms with Crippen LogP contribution in [0.5, 0.6) is 0 Å². The molecule has 0 aromatic heterocycles. The lowest BCUT2D eigenvalue weighted by Gasteiger charge is -2.40. The average Bonchev–Trinajstić information content (AvgIpc) is 2.04. The van der Waals surface area contributed by atoms with Crippen molar-refractivity contribution in [3.05, 3.63) is 12.7 Å². The van der Waals surface area contributed by atoms with Crippen molar-refractivity contribution < 1.29 is 5.21 Å². The van der Waals surface area contributed by atoms with Crippen LogP contribution in [-0.2, 0) is 0 Å². The second-order valence-corrected chi connectivity index (χ2v) is 4.23. The molecular formula is C11H21NO. The lowest BCUT2D eigenvalue weighted by atomic mass is 9.74. The molecule has 1 N–H and O–H groups in total. The van der Waals surface area contributed by atoms with Gasteiger partial charge in [-0.2, -0.15) is 5.06 Å². The van der Waals surface area contributed by atoms with Gasteiger partial charge in [0.2, 0.25) is 0 Å². The van der Waals surface area contributed by atoms with Crippen molar-refractivity contribution in [1.29, 1.82) is 0 Å². The normalized spacial score (nSPS) is 30.3. The Kier molecular flexibility index (Phi) is 3.94. The molecule has 1 saturated heterocycles. The Balaban J connectivity index is 2.58. The summed E-state index contributed by atoms with van der Waals surface area (Å²) in [4.78, 5) is 0. The molecule has 0 radical (unpaired) electrons. The van der Waals surface area contributed by atoms with Gasteiger partial charge in [-0.15, -0.1) is 6.58 Å². The van der Waals surface area contributed by atoms with Crippen LogP contribution in [-0.4, -0.2) is 23.4 Å². The van der Waals surface area contributed by atoms with Crippen LogP contribution in [0.15, 0.2) is 12.7 Å². The fourth-order valence-corrected chi connectivity index (χ4v) is 2.49. The molecule has 1 rings (SSSR count). The Morgan fingerprint density at radius 1 is 1.62 bits per heavy atom. The van der Waals surface area contributed by atoms with Crippen LogP contribution in [0.2, 0.25) is 0 Å². The summed E-state index contributed by atoms with van der Waals surface area (Å²) < 4.78 is 0. The van der Waals surface area contributed by atoms with Crippen LogP contribution in [0.1, 0.15) is 39.0 Å². The van der Waals surface area contributed by atoms with Gasteiger partial charge >= 0.3 is 0 Å². The maximum Gasteiger partial charge on any atom is 0.0297 e. The third-order valence-corrected chi connectivity index (χ3v) is 3.00. The van der Waals surface area contributed by atoms with Crippen LogP contribution in [0.3, 0.4) is 0 Å². The SMILES string of the molecule is C=CCC1(CCC)CCCN(O)C1. The second-order valence-electron chi connectivity index (χ2n) is 4.23. The predicted octanol–water partition coefficient (Wildman–Crippen LogP) is 2.83. The van der Waals surface area contributed by atoms with E-state index in [2.05, 4.69) is 13.5 Å². The van der Waals surface area contributed by atoms with Crippen molar-refractivity contribution >= 4 is 0 Å². The molecule has 1 aliphatic rings. The predicted molar refractivity (Wildman–Crippen MR) is 54.7 cm³/mol. The van der Waals surface area contributed by atoms with Crippen LogP contribution in [0, 0.1) is 5.41 Å². The molecule has 0 bridgehead atoms. The third-order valence-electron chi connectivity index (χ3n) is 3.00. The standard InChI is InChI=1S/C11H21NO/c1-3-6-11(7-4-2)8-5-9-12(13)10-11/h3,13H,1,4-10H2,2H3. The summed E-state index contributed by atoms with van der Waals surface area (Å²) in [5, 5.41) is 11.0. The molecule has 0 spiro atoms. The van der Waals surface area contributed by atoms with E-state index >= 15 is 0 Å². The molecule has 2 heteroatoms. The summed E-state index contributed by atoms with van der Waals surface area (Å²) in [6, 6.07) is 0. The van der Waals surface area contributed by atoms with E-state index in [4.69, 9.17) is 0 Å². The van der Waals surface area contributed by atoms with E-state index in [-0.39, 0.29) is 0 Å². The Morgan fingerprint density at radius 3 is 2.92 bits per heavy atom. The molecule has 76 valence electrons. The Bertz CT molecular complexity index is 165. The molecule has 0 saturated carbocycles. The first kappa shape index (κ1) is 10.7. The van der Waals surface area contributed by atoms with E-state index in [1.807, 2.05) is 6.08 Å². The van der Waals surface area contributed by atoms with Crippen LogP contribution < -0.4 is 0 Å². The van der Waals surface area contributed by atoms with Crippen molar-refractivity contribution in [3.8, 4) is 0 Å². The maximum absolute atomic E-state index is 9.50. The number of nitrogens with zero attached hydrogens (tertiary/aromatic N) is 1. The first-order chi connectivity index (χ1) is 6.22. The van der Waals surface area contributed by atoms with Crippen molar-refractivity contribution in [3.63, 3.8) is 0 Å². The smallest absolute Gasteiger partial charge is 0.0297 e. The highest BCUT2D eigenvalue weighted by Crippen LogP contribution is 2.37. The minimum absolute atomic E-state index is 0.309. The van der Waals surface area contributed by atoms with Gasteiger partial charge in [-0.05, 0) is 31.1 Å². The van der Waals surface area contributed by atoms with Gasteiger partial charge in [0.05, 0.1) is 0 Å². The van der Waals surface area contributed by atoms with Crippen LogP contribution in [0.25, 0.3) is 0 Å². The molecule has 0 aromatic carbocycles. The fourth-order valence-electron chi connectivity index (χ4n) is 2.49. The average molecular weight is 183 g/mol. The minimum Gasteiger partial charge on any atom is -0.314 e. The maximum atomic E-state index is 9.50. The minimum atomic E-state index is 0.309. The Morgan fingerprint density at radius 2 is 2.38 bits per heavy atom. The molecule has 0 aromatic rings. The van der Waals surface area contributed by atoms with Gasteiger partial charge in [-0.25, -0.2) is 0 Å². The molecule has 1 unspecified atom stereocenters. The Labute approximate surface area is 81.2 Å². The van der Waals surface area contributed by atoms with E-state index in [9.17, 15) is 5.21 Å².